The normalized spacial score (nSPS) is 29.6. The fraction of sp³-hybridized carbons (Fsp3) is 0.700. The van der Waals surface area contributed by atoms with Crippen molar-refractivity contribution in [2.24, 2.45) is 0 Å². The van der Waals surface area contributed by atoms with Crippen LogP contribution in [0.2, 0.25) is 0 Å². The number of hydrogen-bond acceptors (Lipinski definition) is 5. The van der Waals surface area contributed by atoms with E-state index in [0.717, 1.165) is 11.5 Å². The molecule has 2 rings (SSSR count). The third-order valence-electron chi connectivity index (χ3n) is 2.66. The summed E-state index contributed by atoms with van der Waals surface area (Å²) in [7, 11) is 0. The average Bonchev–Trinajstić information content (AvgIpc) is 2.57. The van der Waals surface area contributed by atoms with E-state index in [0.29, 0.717) is 18.6 Å². The number of amides is 2. The smallest absolute Gasteiger partial charge is 0.244 e. The van der Waals surface area contributed by atoms with Crippen LogP contribution in [0, 0.1) is 0 Å². The van der Waals surface area contributed by atoms with Crippen molar-refractivity contribution in [2.75, 3.05) is 17.3 Å². The van der Waals surface area contributed by atoms with Gasteiger partial charge in [0.25, 0.3) is 0 Å². The lowest BCUT2D eigenvalue weighted by molar-refractivity contribution is -0.129. The first kappa shape index (κ1) is 12.8. The van der Waals surface area contributed by atoms with Crippen molar-refractivity contribution in [1.29, 1.82) is 0 Å². The van der Waals surface area contributed by atoms with Gasteiger partial charge in [-0.25, -0.2) is 0 Å². The van der Waals surface area contributed by atoms with E-state index in [-0.39, 0.29) is 23.0 Å². The molecule has 2 N–H and O–H groups in total. The lowest BCUT2D eigenvalue weighted by Gasteiger charge is -2.17. The summed E-state index contributed by atoms with van der Waals surface area (Å²) in [6.07, 6.45) is 1.13. The molecule has 2 saturated heterocycles. The zero-order valence-corrected chi connectivity index (χ0v) is 10.9. The Hall–Kier alpha value is -0.690. The second-order valence-corrected chi connectivity index (χ2v) is 6.21. The van der Waals surface area contributed by atoms with Crippen LogP contribution >= 0.6 is 23.5 Å². The minimum atomic E-state index is -0.506. The standard InChI is InChI=1S/C10H14N2O3S2/c13-8-2-3-16-5-7(11-8)9(14)12-6-1-4-17-10(6)15/h6-7H,1-5H2,(H,11,13)(H,12,14)/t6-,7+/m0/s1. The van der Waals surface area contributed by atoms with Crippen molar-refractivity contribution in [2.45, 2.75) is 24.9 Å². The summed E-state index contributed by atoms with van der Waals surface area (Å²) in [5.74, 6) is 1.74. The first-order valence-electron chi connectivity index (χ1n) is 5.51. The van der Waals surface area contributed by atoms with Crippen LogP contribution in [-0.2, 0) is 14.4 Å². The quantitative estimate of drug-likeness (QED) is 0.727. The van der Waals surface area contributed by atoms with Crippen LogP contribution in [0.25, 0.3) is 0 Å². The third-order valence-corrected chi connectivity index (χ3v) is 4.73. The van der Waals surface area contributed by atoms with Crippen molar-refractivity contribution in [1.82, 2.24) is 10.6 Å². The molecule has 94 valence electrons. The maximum Gasteiger partial charge on any atom is 0.244 e. The highest BCUT2D eigenvalue weighted by atomic mass is 32.2. The highest BCUT2D eigenvalue weighted by molar-refractivity contribution is 8.14. The van der Waals surface area contributed by atoms with Crippen molar-refractivity contribution in [3.8, 4) is 0 Å². The third kappa shape index (κ3) is 3.38. The van der Waals surface area contributed by atoms with Gasteiger partial charge in [0.1, 0.15) is 6.04 Å². The van der Waals surface area contributed by atoms with Gasteiger partial charge >= 0.3 is 0 Å². The molecule has 2 atom stereocenters. The Bertz CT molecular complexity index is 348. The Morgan fingerprint density at radius 1 is 1.35 bits per heavy atom. The second kappa shape index (κ2) is 5.77. The molecule has 2 fully saturated rings. The van der Waals surface area contributed by atoms with E-state index in [1.165, 1.54) is 11.8 Å². The van der Waals surface area contributed by atoms with E-state index in [2.05, 4.69) is 10.6 Å². The van der Waals surface area contributed by atoms with Crippen molar-refractivity contribution < 1.29 is 14.4 Å². The molecule has 0 aromatic rings. The van der Waals surface area contributed by atoms with Gasteiger partial charge in [0.2, 0.25) is 16.9 Å². The summed E-state index contributed by atoms with van der Waals surface area (Å²) < 4.78 is 0. The van der Waals surface area contributed by atoms with Crippen molar-refractivity contribution in [3.63, 3.8) is 0 Å². The molecule has 0 bridgehead atoms. The van der Waals surface area contributed by atoms with Gasteiger partial charge in [-0.1, -0.05) is 11.8 Å². The highest BCUT2D eigenvalue weighted by Gasteiger charge is 2.30. The summed E-state index contributed by atoms with van der Waals surface area (Å²) in [6, 6.07) is -0.883. The van der Waals surface area contributed by atoms with Crippen LogP contribution in [0.1, 0.15) is 12.8 Å². The number of carbonyl (C=O) groups is 3. The molecular weight excluding hydrogens is 260 g/mol. The monoisotopic (exact) mass is 274 g/mol. The summed E-state index contributed by atoms with van der Waals surface area (Å²) in [4.78, 5) is 34.6. The van der Waals surface area contributed by atoms with Gasteiger partial charge in [-0.2, -0.15) is 11.8 Å². The first-order valence-corrected chi connectivity index (χ1v) is 7.65. The lowest BCUT2D eigenvalue weighted by atomic mass is 10.2. The Kier molecular flexibility index (Phi) is 4.33. The van der Waals surface area contributed by atoms with Gasteiger partial charge in [0, 0.05) is 23.7 Å². The molecule has 17 heavy (non-hydrogen) atoms. The van der Waals surface area contributed by atoms with E-state index < -0.39 is 6.04 Å². The summed E-state index contributed by atoms with van der Waals surface area (Å²) in [6.45, 7) is 0. The fourth-order valence-electron chi connectivity index (χ4n) is 1.71. The maximum absolute atomic E-state index is 11.9. The Labute approximate surface area is 108 Å². The predicted octanol–water partition coefficient (Wildman–Crippen LogP) is -0.244. The fourth-order valence-corrected chi connectivity index (χ4v) is 3.61. The number of carbonyl (C=O) groups excluding carboxylic acids is 3. The molecule has 2 heterocycles. The number of thioether (sulfide) groups is 2. The SMILES string of the molecule is O=C1CCSC[C@H](C(=O)N[C@H]2CCSC2=O)N1. The van der Waals surface area contributed by atoms with Crippen LogP contribution in [0.15, 0.2) is 0 Å². The number of hydrogen-bond donors (Lipinski definition) is 2. The first-order chi connectivity index (χ1) is 8.16. The summed E-state index contributed by atoms with van der Waals surface area (Å²) >= 11 is 2.83. The predicted molar refractivity (Wildman–Crippen MR) is 67.9 cm³/mol. The van der Waals surface area contributed by atoms with Crippen LogP contribution < -0.4 is 10.6 Å². The Balaban J connectivity index is 1.89. The molecule has 0 aromatic carbocycles. The molecule has 0 aliphatic carbocycles. The van der Waals surface area contributed by atoms with Crippen molar-refractivity contribution in [3.05, 3.63) is 0 Å². The van der Waals surface area contributed by atoms with Crippen LogP contribution in [-0.4, -0.2) is 46.3 Å². The van der Waals surface area contributed by atoms with E-state index in [9.17, 15) is 14.4 Å². The Morgan fingerprint density at radius 3 is 2.88 bits per heavy atom. The van der Waals surface area contributed by atoms with Gasteiger partial charge < -0.3 is 10.6 Å². The molecule has 0 unspecified atom stereocenters. The molecule has 7 heteroatoms. The molecule has 0 aromatic heterocycles. The molecule has 5 nitrogen and oxygen atoms in total. The number of nitrogens with one attached hydrogen (secondary N) is 2. The van der Waals surface area contributed by atoms with E-state index in [1.807, 2.05) is 0 Å². The lowest BCUT2D eigenvalue weighted by Crippen LogP contribution is -2.51. The van der Waals surface area contributed by atoms with Gasteiger partial charge in [0.05, 0.1) is 6.04 Å². The minimum Gasteiger partial charge on any atom is -0.344 e. The van der Waals surface area contributed by atoms with E-state index >= 15 is 0 Å². The largest absolute Gasteiger partial charge is 0.344 e. The molecular formula is C10H14N2O3S2. The topological polar surface area (TPSA) is 75.3 Å². The van der Waals surface area contributed by atoms with Crippen molar-refractivity contribution >= 4 is 40.5 Å². The van der Waals surface area contributed by atoms with Gasteiger partial charge in [0.15, 0.2) is 0 Å². The minimum absolute atomic E-state index is 0.0194. The zero-order chi connectivity index (χ0) is 12.3. The van der Waals surface area contributed by atoms with Crippen LogP contribution in [0.4, 0.5) is 0 Å². The number of rotatable bonds is 2. The molecule has 0 radical (unpaired) electrons. The average molecular weight is 274 g/mol. The molecule has 2 aliphatic heterocycles. The summed E-state index contributed by atoms with van der Waals surface area (Å²) in [5, 5.41) is 5.41. The maximum atomic E-state index is 11.9. The van der Waals surface area contributed by atoms with E-state index in [1.54, 1.807) is 11.8 Å². The van der Waals surface area contributed by atoms with Crippen LogP contribution in [0.3, 0.4) is 0 Å². The van der Waals surface area contributed by atoms with Crippen LogP contribution in [0.5, 0.6) is 0 Å². The summed E-state index contributed by atoms with van der Waals surface area (Å²) in [5.41, 5.74) is 0. The molecule has 2 amide bonds. The Morgan fingerprint density at radius 2 is 2.18 bits per heavy atom. The second-order valence-electron chi connectivity index (χ2n) is 3.96. The molecule has 2 aliphatic rings. The zero-order valence-electron chi connectivity index (χ0n) is 9.23. The molecule has 0 saturated carbocycles. The highest BCUT2D eigenvalue weighted by Crippen LogP contribution is 2.19. The van der Waals surface area contributed by atoms with E-state index in [4.69, 9.17) is 0 Å². The van der Waals surface area contributed by atoms with Gasteiger partial charge in [-0.05, 0) is 6.42 Å². The molecule has 0 spiro atoms. The van der Waals surface area contributed by atoms with Gasteiger partial charge in [-0.15, -0.1) is 0 Å². The van der Waals surface area contributed by atoms with Gasteiger partial charge in [-0.3, -0.25) is 14.4 Å².